The molecule has 2 heteroatoms. The Labute approximate surface area is 66.1 Å². The van der Waals surface area contributed by atoms with Crippen LogP contribution in [0, 0.1) is 5.41 Å². The van der Waals surface area contributed by atoms with Crippen LogP contribution in [-0.4, -0.2) is 5.78 Å². The minimum Gasteiger partial charge on any atom is -0.294 e. The number of hydrogen-bond acceptors (Lipinski definition) is 1. The van der Waals surface area contributed by atoms with Crippen LogP contribution in [0.4, 0.5) is 0 Å². The smallest absolute Gasteiger partial charge is 0.162 e. The fourth-order valence-corrected chi connectivity index (χ4v) is 1.27. The molecule has 1 nitrogen and oxygen atoms in total. The molecule has 1 fully saturated rings. The van der Waals surface area contributed by atoms with E-state index in [1.807, 2.05) is 6.92 Å². The second-order valence-corrected chi connectivity index (χ2v) is 3.04. The van der Waals surface area contributed by atoms with Crippen LogP contribution >= 0.6 is 11.6 Å². The first-order valence-electron chi connectivity index (χ1n) is 3.56. The molecule has 0 N–H and O–H groups in total. The monoisotopic (exact) mass is 158 g/mol. The largest absolute Gasteiger partial charge is 0.294 e. The maximum Gasteiger partial charge on any atom is 0.162 e. The van der Waals surface area contributed by atoms with E-state index in [0.29, 0.717) is 0 Å². The molecule has 0 aromatic carbocycles. The molecule has 1 aliphatic rings. The van der Waals surface area contributed by atoms with Crippen LogP contribution < -0.4 is 0 Å². The summed E-state index contributed by atoms with van der Waals surface area (Å²) in [6.07, 6.45) is 4.51. The summed E-state index contributed by atoms with van der Waals surface area (Å²) in [5, 5.41) is 0. The maximum atomic E-state index is 11.2. The van der Waals surface area contributed by atoms with E-state index in [1.54, 1.807) is 0 Å². The van der Waals surface area contributed by atoms with Crippen molar-refractivity contribution in [2.75, 3.05) is 0 Å². The molecule has 0 heterocycles. The molecule has 0 radical (unpaired) electrons. The van der Waals surface area contributed by atoms with Gasteiger partial charge in [-0.2, -0.15) is 0 Å². The van der Waals surface area contributed by atoms with Gasteiger partial charge in [-0.05, 0) is 25.3 Å². The molecule has 0 atom stereocenters. The van der Waals surface area contributed by atoms with Crippen molar-refractivity contribution in [2.24, 2.45) is 5.41 Å². The lowest BCUT2D eigenvalue weighted by atomic mass is 9.98. The number of halogens is 1. The molecule has 0 aliphatic heterocycles. The van der Waals surface area contributed by atoms with Crippen LogP contribution in [-0.2, 0) is 4.79 Å². The Hall–Kier alpha value is -0.300. The molecule has 0 amide bonds. The summed E-state index contributed by atoms with van der Waals surface area (Å²) in [5.74, 6) is 0.199. The van der Waals surface area contributed by atoms with Gasteiger partial charge in [0.2, 0.25) is 0 Å². The summed E-state index contributed by atoms with van der Waals surface area (Å²) < 4.78 is 0. The number of rotatable bonds is 3. The molecule has 1 saturated carbocycles. The van der Waals surface area contributed by atoms with E-state index in [4.69, 9.17) is 11.6 Å². The van der Waals surface area contributed by atoms with E-state index in [9.17, 15) is 4.79 Å². The van der Waals surface area contributed by atoms with Crippen LogP contribution in [0.15, 0.2) is 11.6 Å². The number of allylic oxidation sites excluding steroid dienone is 1. The predicted octanol–water partition coefficient (Wildman–Crippen LogP) is 2.50. The third-order valence-electron chi connectivity index (χ3n) is 2.27. The zero-order valence-electron chi connectivity index (χ0n) is 6.06. The third kappa shape index (κ3) is 1.24. The molecule has 1 aliphatic carbocycles. The lowest BCUT2D eigenvalue weighted by Gasteiger charge is -2.04. The van der Waals surface area contributed by atoms with Gasteiger partial charge in [0.1, 0.15) is 0 Å². The number of carbonyl (C=O) groups excluding carboxylic acids is 1. The second kappa shape index (κ2) is 2.75. The fraction of sp³-hybridized carbons (Fsp3) is 0.625. The van der Waals surface area contributed by atoms with E-state index < -0.39 is 0 Å². The average Bonchev–Trinajstić information content (AvgIpc) is 2.68. The molecular weight excluding hydrogens is 148 g/mol. The Morgan fingerprint density at radius 3 is 2.60 bits per heavy atom. The molecule has 56 valence electrons. The average molecular weight is 159 g/mol. The van der Waals surface area contributed by atoms with Gasteiger partial charge in [-0.15, -0.1) is 0 Å². The zero-order chi connectivity index (χ0) is 7.61. The van der Waals surface area contributed by atoms with Gasteiger partial charge in [0.15, 0.2) is 5.78 Å². The summed E-state index contributed by atoms with van der Waals surface area (Å²) >= 11 is 5.29. The van der Waals surface area contributed by atoms with Crippen LogP contribution in [0.1, 0.15) is 26.2 Å². The van der Waals surface area contributed by atoms with Crippen LogP contribution in [0.2, 0.25) is 0 Å². The van der Waals surface area contributed by atoms with Crippen LogP contribution in [0.3, 0.4) is 0 Å². The standard InChI is InChI=1S/C8H11ClO/c1-2-8(4-5-8)7(10)3-6-9/h3,6H,2,4-5H2,1H3/b6-3+. The van der Waals surface area contributed by atoms with Gasteiger partial charge in [0, 0.05) is 11.0 Å². The minimum absolute atomic E-state index is 0.00854. The Balaban J connectivity index is 2.56. The maximum absolute atomic E-state index is 11.2. The molecule has 10 heavy (non-hydrogen) atoms. The summed E-state index contributed by atoms with van der Waals surface area (Å²) in [5.41, 5.74) is 1.30. The quantitative estimate of drug-likeness (QED) is 0.577. The van der Waals surface area contributed by atoms with Gasteiger partial charge >= 0.3 is 0 Å². The predicted molar refractivity (Wildman–Crippen MR) is 42.0 cm³/mol. The van der Waals surface area contributed by atoms with Gasteiger partial charge < -0.3 is 0 Å². The van der Waals surface area contributed by atoms with E-state index >= 15 is 0 Å². The van der Waals surface area contributed by atoms with Gasteiger partial charge in [-0.25, -0.2) is 0 Å². The van der Waals surface area contributed by atoms with E-state index in [1.165, 1.54) is 11.6 Å². The number of carbonyl (C=O) groups is 1. The summed E-state index contributed by atoms with van der Waals surface area (Å²) in [4.78, 5) is 11.2. The van der Waals surface area contributed by atoms with Crippen LogP contribution in [0.5, 0.6) is 0 Å². The van der Waals surface area contributed by atoms with Gasteiger partial charge in [-0.3, -0.25) is 4.79 Å². The first-order chi connectivity index (χ1) is 4.75. The van der Waals surface area contributed by atoms with Gasteiger partial charge in [0.05, 0.1) is 0 Å². The molecule has 0 spiro atoms. The lowest BCUT2D eigenvalue weighted by Crippen LogP contribution is -2.10. The van der Waals surface area contributed by atoms with Gasteiger partial charge in [0.25, 0.3) is 0 Å². The van der Waals surface area contributed by atoms with Crippen molar-refractivity contribution < 1.29 is 4.79 Å². The Bertz CT molecular complexity index is 168. The third-order valence-corrected chi connectivity index (χ3v) is 2.39. The first-order valence-corrected chi connectivity index (χ1v) is 4.00. The Morgan fingerprint density at radius 2 is 2.30 bits per heavy atom. The van der Waals surface area contributed by atoms with Crippen molar-refractivity contribution in [3.63, 3.8) is 0 Å². The lowest BCUT2D eigenvalue weighted by molar-refractivity contribution is -0.119. The summed E-state index contributed by atoms with van der Waals surface area (Å²) in [7, 11) is 0. The van der Waals surface area contributed by atoms with Crippen LogP contribution in [0.25, 0.3) is 0 Å². The molecular formula is C8H11ClO. The Morgan fingerprint density at radius 1 is 1.70 bits per heavy atom. The molecule has 0 saturated heterocycles. The highest BCUT2D eigenvalue weighted by atomic mass is 35.5. The highest BCUT2D eigenvalue weighted by Gasteiger charge is 2.46. The van der Waals surface area contributed by atoms with Crippen molar-refractivity contribution >= 4 is 17.4 Å². The van der Waals surface area contributed by atoms with E-state index in [2.05, 4.69) is 0 Å². The van der Waals surface area contributed by atoms with Crippen molar-refractivity contribution in [2.45, 2.75) is 26.2 Å². The van der Waals surface area contributed by atoms with E-state index in [0.717, 1.165) is 19.3 Å². The number of hydrogen-bond donors (Lipinski definition) is 0. The normalized spacial score (nSPS) is 21.4. The SMILES string of the molecule is CCC1(C(=O)/C=C/Cl)CC1. The molecule has 0 unspecified atom stereocenters. The van der Waals surface area contributed by atoms with E-state index in [-0.39, 0.29) is 11.2 Å². The Kier molecular flexibility index (Phi) is 2.14. The number of ketones is 1. The van der Waals surface area contributed by atoms with Crippen molar-refractivity contribution in [1.29, 1.82) is 0 Å². The zero-order valence-corrected chi connectivity index (χ0v) is 6.82. The second-order valence-electron chi connectivity index (χ2n) is 2.79. The molecule has 0 bridgehead atoms. The summed E-state index contributed by atoms with van der Waals surface area (Å²) in [6, 6.07) is 0. The highest BCUT2D eigenvalue weighted by Crippen LogP contribution is 2.49. The van der Waals surface area contributed by atoms with Crippen molar-refractivity contribution in [1.82, 2.24) is 0 Å². The van der Waals surface area contributed by atoms with Gasteiger partial charge in [-0.1, -0.05) is 18.5 Å². The molecule has 0 aromatic heterocycles. The minimum atomic E-state index is -0.00854. The van der Waals surface area contributed by atoms with Crippen molar-refractivity contribution in [3.05, 3.63) is 11.6 Å². The highest BCUT2D eigenvalue weighted by molar-refractivity contribution is 6.27. The first kappa shape index (κ1) is 7.80. The molecule has 0 aromatic rings. The topological polar surface area (TPSA) is 17.1 Å². The summed E-state index contributed by atoms with van der Waals surface area (Å²) in [6.45, 7) is 2.05. The fourth-order valence-electron chi connectivity index (χ4n) is 1.16. The van der Waals surface area contributed by atoms with Crippen molar-refractivity contribution in [3.8, 4) is 0 Å². The molecule has 1 rings (SSSR count).